The number of hydrogen-bond donors (Lipinski definition) is 0. The van der Waals surface area contributed by atoms with Crippen molar-refractivity contribution in [3.05, 3.63) is 35.9 Å². The highest BCUT2D eigenvalue weighted by Gasteiger charge is 2.14. The molecule has 1 aromatic rings. The summed E-state index contributed by atoms with van der Waals surface area (Å²) < 4.78 is 0. The molecule has 0 spiro atoms. The Balaban J connectivity index is 1.76. The maximum atomic E-state index is 12.2. The number of rotatable bonds is 4. The van der Waals surface area contributed by atoms with Gasteiger partial charge in [0.1, 0.15) is 5.78 Å². The minimum absolute atomic E-state index is 0.522. The molecule has 23 heavy (non-hydrogen) atoms. The van der Waals surface area contributed by atoms with Gasteiger partial charge >= 0.3 is 0 Å². The van der Waals surface area contributed by atoms with Crippen molar-refractivity contribution < 1.29 is 4.79 Å². The third-order valence-electron chi connectivity index (χ3n) is 5.25. The van der Waals surface area contributed by atoms with E-state index in [0.29, 0.717) is 11.7 Å². The molecule has 0 aliphatic heterocycles. The van der Waals surface area contributed by atoms with E-state index in [-0.39, 0.29) is 0 Å². The molecule has 1 fully saturated rings. The van der Waals surface area contributed by atoms with Crippen LogP contribution in [-0.2, 0) is 11.2 Å². The van der Waals surface area contributed by atoms with E-state index >= 15 is 0 Å². The van der Waals surface area contributed by atoms with Gasteiger partial charge in [0, 0.05) is 12.8 Å². The Labute approximate surface area is 142 Å². The first-order valence-corrected chi connectivity index (χ1v) is 9.90. The van der Waals surface area contributed by atoms with Crippen LogP contribution in [0.1, 0.15) is 89.0 Å². The lowest BCUT2D eigenvalue weighted by atomic mass is 9.89. The first kappa shape index (κ1) is 18.2. The Kier molecular flexibility index (Phi) is 9.06. The van der Waals surface area contributed by atoms with Gasteiger partial charge in [-0.05, 0) is 37.2 Å². The third-order valence-corrected chi connectivity index (χ3v) is 5.25. The van der Waals surface area contributed by atoms with Gasteiger partial charge in [-0.1, -0.05) is 81.7 Å². The van der Waals surface area contributed by atoms with Crippen molar-refractivity contribution in [2.45, 2.75) is 89.9 Å². The van der Waals surface area contributed by atoms with E-state index in [1.54, 1.807) is 0 Å². The number of benzene rings is 1. The van der Waals surface area contributed by atoms with Crippen LogP contribution in [0.3, 0.4) is 0 Å². The largest absolute Gasteiger partial charge is 0.300 e. The molecule has 1 aliphatic carbocycles. The third kappa shape index (κ3) is 8.34. The zero-order valence-electron chi connectivity index (χ0n) is 14.8. The summed E-state index contributed by atoms with van der Waals surface area (Å²) in [6, 6.07) is 10.8. The summed E-state index contributed by atoms with van der Waals surface area (Å²) in [5.41, 5.74) is 1.43. The first-order chi connectivity index (χ1) is 11.3. The normalized spacial score (nSPS) is 21.9. The fraction of sp³-hybridized carbons (Fsp3) is 0.682. The molecule has 0 amide bonds. The van der Waals surface area contributed by atoms with Gasteiger partial charge in [0.2, 0.25) is 0 Å². The molecule has 0 aromatic heterocycles. The van der Waals surface area contributed by atoms with Crippen LogP contribution < -0.4 is 0 Å². The minimum Gasteiger partial charge on any atom is -0.300 e. The van der Waals surface area contributed by atoms with E-state index < -0.39 is 0 Å². The van der Waals surface area contributed by atoms with Crippen LogP contribution in [0.5, 0.6) is 0 Å². The van der Waals surface area contributed by atoms with Crippen molar-refractivity contribution in [2.24, 2.45) is 5.92 Å². The molecule has 1 saturated carbocycles. The molecule has 0 saturated heterocycles. The van der Waals surface area contributed by atoms with Crippen LogP contribution >= 0.6 is 0 Å². The molecule has 1 heteroatoms. The molecule has 1 nitrogen and oxygen atoms in total. The van der Waals surface area contributed by atoms with Crippen molar-refractivity contribution in [2.75, 3.05) is 0 Å². The van der Waals surface area contributed by atoms with Crippen molar-refractivity contribution in [1.82, 2.24) is 0 Å². The second kappa shape index (κ2) is 11.4. The topological polar surface area (TPSA) is 17.1 Å². The minimum atomic E-state index is 0.522. The summed E-state index contributed by atoms with van der Waals surface area (Å²) >= 11 is 0. The van der Waals surface area contributed by atoms with Crippen LogP contribution in [0.25, 0.3) is 0 Å². The molecule has 0 heterocycles. The number of hydrogen-bond acceptors (Lipinski definition) is 1. The predicted molar refractivity (Wildman–Crippen MR) is 98.7 cm³/mol. The van der Waals surface area contributed by atoms with E-state index in [0.717, 1.165) is 25.7 Å². The summed E-state index contributed by atoms with van der Waals surface area (Å²) in [6.07, 6.45) is 17.1. The average Bonchev–Trinajstić information content (AvgIpc) is 2.58. The van der Waals surface area contributed by atoms with Crippen LogP contribution in [0.2, 0.25) is 0 Å². The van der Waals surface area contributed by atoms with Crippen LogP contribution in [0, 0.1) is 5.92 Å². The first-order valence-electron chi connectivity index (χ1n) is 9.90. The lowest BCUT2D eigenvalue weighted by Crippen LogP contribution is -2.09. The number of ketones is 1. The molecule has 1 unspecified atom stereocenters. The highest BCUT2D eigenvalue weighted by atomic mass is 16.1. The predicted octanol–water partition coefficient (Wildman–Crippen LogP) is 6.50. The number of carbonyl (C=O) groups is 1. The summed E-state index contributed by atoms with van der Waals surface area (Å²) in [5, 5.41) is 0. The smallest absolute Gasteiger partial charge is 0.133 e. The van der Waals surface area contributed by atoms with Gasteiger partial charge in [0.15, 0.2) is 0 Å². The van der Waals surface area contributed by atoms with Gasteiger partial charge in [-0.3, -0.25) is 4.79 Å². The number of Topliss-reactive ketones (excluding diaryl/α,β-unsaturated/α-hetero) is 1. The van der Waals surface area contributed by atoms with E-state index in [1.807, 2.05) is 0 Å². The standard InChI is InChI=1S/C22H34O/c23-22-18-11-6-4-2-1-3-5-8-15-21(19-22)17-12-16-20-13-9-7-10-14-20/h7,9-10,13-14,21H,1-6,8,11-12,15-19H2. The summed E-state index contributed by atoms with van der Waals surface area (Å²) in [7, 11) is 0. The summed E-state index contributed by atoms with van der Waals surface area (Å²) in [5.74, 6) is 1.15. The molecule has 2 rings (SSSR count). The zero-order chi connectivity index (χ0) is 16.2. The van der Waals surface area contributed by atoms with Crippen molar-refractivity contribution in [3.8, 4) is 0 Å². The van der Waals surface area contributed by atoms with Crippen LogP contribution in [-0.4, -0.2) is 5.78 Å². The van der Waals surface area contributed by atoms with Gasteiger partial charge < -0.3 is 0 Å². The molecule has 1 atom stereocenters. The fourth-order valence-corrected chi connectivity index (χ4v) is 3.83. The van der Waals surface area contributed by atoms with Crippen molar-refractivity contribution in [3.63, 3.8) is 0 Å². The molecule has 0 radical (unpaired) electrons. The van der Waals surface area contributed by atoms with Gasteiger partial charge in [0.05, 0.1) is 0 Å². The second-order valence-corrected chi connectivity index (χ2v) is 7.35. The number of carbonyl (C=O) groups excluding carboxylic acids is 1. The van der Waals surface area contributed by atoms with Crippen molar-refractivity contribution in [1.29, 1.82) is 0 Å². The lowest BCUT2D eigenvalue weighted by Gasteiger charge is -2.16. The maximum absolute atomic E-state index is 12.2. The Morgan fingerprint density at radius 2 is 1.48 bits per heavy atom. The van der Waals surface area contributed by atoms with E-state index in [4.69, 9.17) is 0 Å². The van der Waals surface area contributed by atoms with Gasteiger partial charge in [-0.2, -0.15) is 0 Å². The maximum Gasteiger partial charge on any atom is 0.133 e. The molecule has 0 N–H and O–H groups in total. The summed E-state index contributed by atoms with van der Waals surface area (Å²) in [4.78, 5) is 12.2. The highest BCUT2D eigenvalue weighted by Crippen LogP contribution is 2.23. The molecular weight excluding hydrogens is 280 g/mol. The Morgan fingerprint density at radius 3 is 2.22 bits per heavy atom. The molecular formula is C22H34O. The number of aryl methyl sites for hydroxylation is 1. The van der Waals surface area contributed by atoms with Gasteiger partial charge in [-0.15, -0.1) is 0 Å². The SMILES string of the molecule is O=C1CCCCCCCCCCC(CCCc2ccccc2)C1. The second-order valence-electron chi connectivity index (χ2n) is 7.35. The molecule has 1 aromatic carbocycles. The molecule has 0 bridgehead atoms. The molecule has 128 valence electrons. The molecule has 1 aliphatic rings. The van der Waals surface area contributed by atoms with Crippen LogP contribution in [0.15, 0.2) is 30.3 Å². The monoisotopic (exact) mass is 314 g/mol. The van der Waals surface area contributed by atoms with E-state index in [2.05, 4.69) is 30.3 Å². The summed E-state index contributed by atoms with van der Waals surface area (Å²) in [6.45, 7) is 0. The Bertz CT molecular complexity index is 423. The van der Waals surface area contributed by atoms with Gasteiger partial charge in [-0.25, -0.2) is 0 Å². The van der Waals surface area contributed by atoms with E-state index in [9.17, 15) is 4.79 Å². The lowest BCUT2D eigenvalue weighted by molar-refractivity contribution is -0.120. The zero-order valence-corrected chi connectivity index (χ0v) is 14.8. The Hall–Kier alpha value is -1.11. The van der Waals surface area contributed by atoms with Crippen LogP contribution in [0.4, 0.5) is 0 Å². The highest BCUT2D eigenvalue weighted by molar-refractivity contribution is 5.78. The van der Waals surface area contributed by atoms with E-state index in [1.165, 1.54) is 69.8 Å². The average molecular weight is 315 g/mol. The fourth-order valence-electron chi connectivity index (χ4n) is 3.83. The quantitative estimate of drug-likeness (QED) is 0.620. The Morgan fingerprint density at radius 1 is 0.826 bits per heavy atom. The van der Waals surface area contributed by atoms with Gasteiger partial charge in [0.25, 0.3) is 0 Å². The van der Waals surface area contributed by atoms with Crippen molar-refractivity contribution >= 4 is 5.78 Å².